The third kappa shape index (κ3) is 4.84. The van der Waals surface area contributed by atoms with Gasteiger partial charge in [0.2, 0.25) is 11.4 Å². The van der Waals surface area contributed by atoms with Crippen molar-refractivity contribution < 1.29 is 42.1 Å². The summed E-state index contributed by atoms with van der Waals surface area (Å²) in [6, 6.07) is 13.6. The normalized spacial score (nSPS) is 15.4. The van der Waals surface area contributed by atoms with Crippen molar-refractivity contribution in [3.63, 3.8) is 0 Å². The van der Waals surface area contributed by atoms with Crippen LogP contribution in [0.4, 0.5) is 18.0 Å². The fraction of sp³-hybridized carbons (Fsp3) is 0.348. The second kappa shape index (κ2) is 9.72. The van der Waals surface area contributed by atoms with Gasteiger partial charge in [0.15, 0.2) is 0 Å². The Morgan fingerprint density at radius 1 is 1.03 bits per heavy atom. The number of carboxylic acid groups (broad SMARTS) is 1. The highest BCUT2D eigenvalue weighted by Gasteiger charge is 2.59. The first kappa shape index (κ1) is 25.0. The average Bonchev–Trinajstić information content (AvgIpc) is 3.10. The van der Waals surface area contributed by atoms with E-state index in [2.05, 4.69) is 5.32 Å². The number of alkyl carbamates (subject to hydrolysis) is 1. The van der Waals surface area contributed by atoms with Gasteiger partial charge < -0.3 is 25.2 Å². The summed E-state index contributed by atoms with van der Waals surface area (Å²) >= 11 is 0. The van der Waals surface area contributed by atoms with E-state index in [9.17, 15) is 27.6 Å². The molecule has 2 aromatic rings. The van der Waals surface area contributed by atoms with E-state index in [-0.39, 0.29) is 12.5 Å². The molecule has 0 spiro atoms. The Morgan fingerprint density at radius 3 is 2.03 bits per heavy atom. The van der Waals surface area contributed by atoms with Gasteiger partial charge in [-0.25, -0.2) is 9.59 Å². The quantitative estimate of drug-likeness (QED) is 0.535. The van der Waals surface area contributed by atoms with E-state index < -0.39 is 42.3 Å². The van der Waals surface area contributed by atoms with Crippen molar-refractivity contribution in [2.75, 3.05) is 20.3 Å². The summed E-state index contributed by atoms with van der Waals surface area (Å²) in [6.07, 6.45) is -6.35. The monoisotopic (exact) mass is 480 g/mol. The molecule has 0 bridgehead atoms. The van der Waals surface area contributed by atoms with Gasteiger partial charge in [-0.05, 0) is 29.2 Å². The number of carbonyl (C=O) groups excluding carboxylic acids is 2. The molecule has 1 unspecified atom stereocenters. The first-order chi connectivity index (χ1) is 16.0. The van der Waals surface area contributed by atoms with Crippen LogP contribution in [0.25, 0.3) is 11.1 Å². The van der Waals surface area contributed by atoms with Crippen LogP contribution in [0.5, 0.6) is 0 Å². The standard InChI is InChI=1S/C23H23F3N2O6/c1-22(20(30)31,23(24,25)26)28-19(29)18(12-33-2)27-21(32)34-11-17-15-9-5-3-7-13(15)14-8-4-6-10-16(14)17/h3-10,17-18H,11-12H2,1-2H3,(H,27,32)(H,28,29)(H,30,31)/t18-,22?/m0/s1. The van der Waals surface area contributed by atoms with E-state index in [4.69, 9.17) is 14.6 Å². The Labute approximate surface area is 193 Å². The number of halogens is 3. The number of nitrogens with one attached hydrogen (secondary N) is 2. The van der Waals surface area contributed by atoms with E-state index in [1.807, 2.05) is 48.5 Å². The van der Waals surface area contributed by atoms with Gasteiger partial charge in [-0.3, -0.25) is 4.79 Å². The van der Waals surface area contributed by atoms with E-state index in [1.54, 1.807) is 0 Å². The minimum atomic E-state index is -5.28. The number of hydrogen-bond acceptors (Lipinski definition) is 5. The highest BCUT2D eigenvalue weighted by molar-refractivity contribution is 5.91. The molecule has 34 heavy (non-hydrogen) atoms. The highest BCUT2D eigenvalue weighted by Crippen LogP contribution is 2.44. The molecule has 3 rings (SSSR count). The molecule has 0 heterocycles. The fourth-order valence-electron chi connectivity index (χ4n) is 3.71. The van der Waals surface area contributed by atoms with Crippen molar-refractivity contribution in [2.45, 2.75) is 30.6 Å². The number of aliphatic carboxylic acids is 1. The number of benzene rings is 2. The number of ether oxygens (including phenoxy) is 2. The first-order valence-corrected chi connectivity index (χ1v) is 10.2. The third-order valence-electron chi connectivity index (χ3n) is 5.65. The number of amides is 2. The summed E-state index contributed by atoms with van der Waals surface area (Å²) in [7, 11) is 1.17. The molecule has 0 aromatic heterocycles. The smallest absolute Gasteiger partial charge is 0.422 e. The minimum Gasteiger partial charge on any atom is -0.479 e. The molecule has 1 aliphatic carbocycles. The Kier molecular flexibility index (Phi) is 7.15. The van der Waals surface area contributed by atoms with Gasteiger partial charge in [-0.2, -0.15) is 13.2 Å². The molecule has 0 saturated carbocycles. The number of fused-ring (bicyclic) bond motifs is 3. The van der Waals surface area contributed by atoms with Crippen molar-refractivity contribution in [1.29, 1.82) is 0 Å². The van der Waals surface area contributed by atoms with Crippen molar-refractivity contribution >= 4 is 18.0 Å². The number of hydrogen-bond donors (Lipinski definition) is 3. The molecule has 182 valence electrons. The molecule has 0 fully saturated rings. The lowest BCUT2D eigenvalue weighted by molar-refractivity contribution is -0.207. The van der Waals surface area contributed by atoms with E-state index in [0.717, 1.165) is 22.3 Å². The molecule has 11 heteroatoms. The summed E-state index contributed by atoms with van der Waals surface area (Å²) in [6.45, 7) is -0.287. The molecule has 0 aliphatic heterocycles. The molecule has 0 saturated heterocycles. The average molecular weight is 480 g/mol. The third-order valence-corrected chi connectivity index (χ3v) is 5.65. The largest absolute Gasteiger partial charge is 0.479 e. The summed E-state index contributed by atoms with van der Waals surface area (Å²) in [4.78, 5) is 36.0. The van der Waals surface area contributed by atoms with E-state index in [0.29, 0.717) is 6.92 Å². The number of alkyl halides is 3. The van der Waals surface area contributed by atoms with Crippen LogP contribution in [0.3, 0.4) is 0 Å². The minimum absolute atomic E-state index is 0.0867. The lowest BCUT2D eigenvalue weighted by Gasteiger charge is -2.30. The maximum absolute atomic E-state index is 13.2. The van der Waals surface area contributed by atoms with Gasteiger partial charge in [-0.15, -0.1) is 0 Å². The van der Waals surface area contributed by atoms with Crippen LogP contribution in [0.2, 0.25) is 0 Å². The predicted octanol–water partition coefficient (Wildman–Crippen LogP) is 3.06. The molecular formula is C23H23F3N2O6. The maximum atomic E-state index is 13.2. The zero-order valence-corrected chi connectivity index (χ0v) is 18.3. The van der Waals surface area contributed by atoms with Gasteiger partial charge in [0, 0.05) is 13.0 Å². The van der Waals surface area contributed by atoms with Crippen LogP contribution in [0, 0.1) is 0 Å². The first-order valence-electron chi connectivity index (χ1n) is 10.2. The maximum Gasteiger partial charge on any atom is 0.422 e. The topological polar surface area (TPSA) is 114 Å². The lowest BCUT2D eigenvalue weighted by Crippen LogP contribution is -2.65. The predicted molar refractivity (Wildman–Crippen MR) is 114 cm³/mol. The zero-order chi connectivity index (χ0) is 25.1. The number of carboxylic acids is 1. The van der Waals surface area contributed by atoms with Crippen LogP contribution in [-0.4, -0.2) is 61.2 Å². The van der Waals surface area contributed by atoms with Gasteiger partial charge in [-0.1, -0.05) is 48.5 Å². The Morgan fingerprint density at radius 2 is 1.56 bits per heavy atom. The second-order valence-corrected chi connectivity index (χ2v) is 7.89. The Balaban J connectivity index is 1.69. The van der Waals surface area contributed by atoms with Gasteiger partial charge >= 0.3 is 18.2 Å². The lowest BCUT2D eigenvalue weighted by atomic mass is 9.98. The van der Waals surface area contributed by atoms with Crippen molar-refractivity contribution in [3.05, 3.63) is 59.7 Å². The number of rotatable bonds is 8. The van der Waals surface area contributed by atoms with Crippen LogP contribution in [0.15, 0.2) is 48.5 Å². The molecular weight excluding hydrogens is 457 g/mol. The SMILES string of the molecule is COC[C@H](NC(=O)OCC1c2ccccc2-c2ccccc21)C(=O)NC(C)(C(=O)O)C(F)(F)F. The molecule has 1 aliphatic rings. The van der Waals surface area contributed by atoms with Gasteiger partial charge in [0.1, 0.15) is 12.6 Å². The van der Waals surface area contributed by atoms with E-state index in [1.165, 1.54) is 12.4 Å². The van der Waals surface area contributed by atoms with Crippen LogP contribution in [0.1, 0.15) is 24.0 Å². The summed E-state index contributed by atoms with van der Waals surface area (Å²) < 4.78 is 49.8. The summed E-state index contributed by atoms with van der Waals surface area (Å²) in [5.41, 5.74) is 0.349. The van der Waals surface area contributed by atoms with Gasteiger partial charge in [0.05, 0.1) is 6.61 Å². The van der Waals surface area contributed by atoms with Crippen LogP contribution < -0.4 is 10.6 Å². The van der Waals surface area contributed by atoms with Gasteiger partial charge in [0.25, 0.3) is 0 Å². The number of carbonyl (C=O) groups is 3. The molecule has 0 radical (unpaired) electrons. The van der Waals surface area contributed by atoms with Crippen molar-refractivity contribution in [3.8, 4) is 11.1 Å². The highest BCUT2D eigenvalue weighted by atomic mass is 19.4. The Bertz CT molecular complexity index is 1040. The zero-order valence-electron chi connectivity index (χ0n) is 18.3. The molecule has 8 nitrogen and oxygen atoms in total. The Hall–Kier alpha value is -3.60. The van der Waals surface area contributed by atoms with E-state index >= 15 is 0 Å². The molecule has 2 aromatic carbocycles. The molecule has 2 atom stereocenters. The van der Waals surface area contributed by atoms with Crippen LogP contribution >= 0.6 is 0 Å². The fourth-order valence-corrected chi connectivity index (χ4v) is 3.71. The van der Waals surface area contributed by atoms with Crippen LogP contribution in [-0.2, 0) is 19.1 Å². The molecule has 2 amide bonds. The number of methoxy groups -OCH3 is 1. The summed E-state index contributed by atoms with van der Waals surface area (Å²) in [5.74, 6) is -3.96. The van der Waals surface area contributed by atoms with Crippen molar-refractivity contribution in [2.24, 2.45) is 0 Å². The van der Waals surface area contributed by atoms with Crippen molar-refractivity contribution in [1.82, 2.24) is 10.6 Å². The second-order valence-electron chi connectivity index (χ2n) is 7.89. The molecule has 3 N–H and O–H groups in total. The summed E-state index contributed by atoms with van der Waals surface area (Å²) in [5, 5.41) is 12.6.